The quantitative estimate of drug-likeness (QED) is 0.582. The monoisotopic (exact) mass is 382 g/mol. The Kier molecular flexibility index (Phi) is 5.21. The van der Waals surface area contributed by atoms with Gasteiger partial charge >= 0.3 is 11.9 Å². The number of carbonyl (C=O) groups excluding carboxylic acids is 2. The number of halogens is 2. The molecule has 6 heteroatoms. The lowest BCUT2D eigenvalue weighted by Gasteiger charge is -2.10. The summed E-state index contributed by atoms with van der Waals surface area (Å²) in [5, 5.41) is 0.339. The molecule has 2 rings (SSSR count). The van der Waals surface area contributed by atoms with Gasteiger partial charge in [0.25, 0.3) is 0 Å². The molecule has 0 aliphatic heterocycles. The average molecular weight is 384 g/mol. The second-order valence-electron chi connectivity index (χ2n) is 4.49. The van der Waals surface area contributed by atoms with Crippen molar-refractivity contribution >= 4 is 39.5 Å². The van der Waals surface area contributed by atoms with E-state index in [-0.39, 0.29) is 0 Å². The Morgan fingerprint density at radius 3 is 2.09 bits per heavy atom. The molecule has 0 bridgehead atoms. The van der Waals surface area contributed by atoms with E-state index in [1.165, 1.54) is 31.4 Å². The number of hydrogen-bond donors (Lipinski definition) is 0. The Balaban J connectivity index is 2.21. The highest BCUT2D eigenvalue weighted by atomic mass is 79.9. The normalized spacial score (nSPS) is 10.2. The topological polar surface area (TPSA) is 52.6 Å². The maximum Gasteiger partial charge on any atom is 0.343 e. The number of methoxy groups -OCH3 is 1. The third-order valence-electron chi connectivity index (χ3n) is 2.93. The zero-order valence-corrected chi connectivity index (χ0v) is 14.2. The van der Waals surface area contributed by atoms with Crippen molar-refractivity contribution in [1.82, 2.24) is 0 Å². The van der Waals surface area contributed by atoms with E-state index in [2.05, 4.69) is 20.7 Å². The molecular formula is C16H12BrClO4. The van der Waals surface area contributed by atoms with Crippen LogP contribution in [-0.4, -0.2) is 19.0 Å². The molecule has 0 heterocycles. The molecule has 0 radical (unpaired) electrons. The molecule has 0 unspecified atom stereocenters. The van der Waals surface area contributed by atoms with Crippen molar-refractivity contribution in [2.45, 2.75) is 6.92 Å². The van der Waals surface area contributed by atoms with Gasteiger partial charge in [0.15, 0.2) is 5.75 Å². The standard InChI is InChI=1S/C16H12BrClO4/c1-9-7-12(17)8-13(18)14(9)22-16(20)11-5-3-10(4-6-11)15(19)21-2/h3-8H,1-2H3. The van der Waals surface area contributed by atoms with Crippen LogP contribution in [-0.2, 0) is 4.74 Å². The van der Waals surface area contributed by atoms with Crippen LogP contribution in [0.5, 0.6) is 5.75 Å². The summed E-state index contributed by atoms with van der Waals surface area (Å²) in [6, 6.07) is 9.44. The minimum atomic E-state index is -0.552. The zero-order chi connectivity index (χ0) is 16.3. The maximum absolute atomic E-state index is 12.1. The largest absolute Gasteiger partial charge is 0.465 e. The van der Waals surface area contributed by atoms with E-state index in [1.807, 2.05) is 0 Å². The van der Waals surface area contributed by atoms with Crippen molar-refractivity contribution in [3.63, 3.8) is 0 Å². The molecular weight excluding hydrogens is 372 g/mol. The van der Waals surface area contributed by atoms with Gasteiger partial charge in [-0.05, 0) is 48.9 Å². The summed E-state index contributed by atoms with van der Waals surface area (Å²) in [6.45, 7) is 1.79. The lowest BCUT2D eigenvalue weighted by Crippen LogP contribution is -2.10. The number of rotatable bonds is 3. The highest BCUT2D eigenvalue weighted by molar-refractivity contribution is 9.10. The lowest BCUT2D eigenvalue weighted by atomic mass is 10.1. The Morgan fingerprint density at radius 1 is 1.05 bits per heavy atom. The highest BCUT2D eigenvalue weighted by Crippen LogP contribution is 2.32. The molecule has 0 amide bonds. The number of benzene rings is 2. The fraction of sp³-hybridized carbons (Fsp3) is 0.125. The smallest absolute Gasteiger partial charge is 0.343 e. The molecule has 0 atom stereocenters. The van der Waals surface area contributed by atoms with Gasteiger partial charge in [0.05, 0.1) is 23.3 Å². The molecule has 0 aromatic heterocycles. The summed E-state index contributed by atoms with van der Waals surface area (Å²) in [5.41, 5.74) is 1.40. The van der Waals surface area contributed by atoms with Crippen LogP contribution in [0.3, 0.4) is 0 Å². The number of ether oxygens (including phenoxy) is 2. The van der Waals surface area contributed by atoms with Gasteiger partial charge in [0, 0.05) is 4.47 Å². The molecule has 2 aromatic carbocycles. The first-order valence-electron chi connectivity index (χ1n) is 6.28. The Bertz CT molecular complexity index is 702. The SMILES string of the molecule is COC(=O)c1ccc(C(=O)Oc2c(C)cc(Br)cc2Cl)cc1. The molecule has 4 nitrogen and oxygen atoms in total. The van der Waals surface area contributed by atoms with Crippen LogP contribution >= 0.6 is 27.5 Å². The van der Waals surface area contributed by atoms with Gasteiger partial charge in [-0.2, -0.15) is 0 Å². The van der Waals surface area contributed by atoms with Crippen LogP contribution in [0.4, 0.5) is 0 Å². The number of aryl methyl sites for hydroxylation is 1. The van der Waals surface area contributed by atoms with E-state index in [0.29, 0.717) is 21.9 Å². The Labute approximate surface area is 141 Å². The van der Waals surface area contributed by atoms with Gasteiger partial charge in [0.2, 0.25) is 0 Å². The summed E-state index contributed by atoms with van der Waals surface area (Å²) >= 11 is 9.40. The molecule has 0 fully saturated rings. The summed E-state index contributed by atoms with van der Waals surface area (Å²) in [6.07, 6.45) is 0. The summed E-state index contributed by atoms with van der Waals surface area (Å²) in [7, 11) is 1.29. The fourth-order valence-electron chi connectivity index (χ4n) is 1.83. The van der Waals surface area contributed by atoms with E-state index in [0.717, 1.165) is 10.0 Å². The first kappa shape index (κ1) is 16.5. The lowest BCUT2D eigenvalue weighted by molar-refractivity contribution is 0.0599. The number of esters is 2. The van der Waals surface area contributed by atoms with Gasteiger partial charge in [-0.3, -0.25) is 0 Å². The van der Waals surface area contributed by atoms with E-state index in [4.69, 9.17) is 16.3 Å². The van der Waals surface area contributed by atoms with E-state index in [1.54, 1.807) is 19.1 Å². The molecule has 0 aliphatic carbocycles. The molecule has 2 aromatic rings. The molecule has 0 spiro atoms. The summed E-state index contributed by atoms with van der Waals surface area (Å²) < 4.78 is 10.7. The van der Waals surface area contributed by atoms with Gasteiger partial charge in [-0.1, -0.05) is 27.5 Å². The van der Waals surface area contributed by atoms with Gasteiger partial charge in [0.1, 0.15) is 0 Å². The Morgan fingerprint density at radius 2 is 1.59 bits per heavy atom. The molecule has 0 aliphatic rings. The van der Waals surface area contributed by atoms with Crippen LogP contribution in [0.25, 0.3) is 0 Å². The predicted octanol–water partition coefficient (Wildman–Crippen LogP) is 4.42. The van der Waals surface area contributed by atoms with Crippen LogP contribution in [0.15, 0.2) is 40.9 Å². The van der Waals surface area contributed by atoms with Crippen LogP contribution in [0.2, 0.25) is 5.02 Å². The second kappa shape index (κ2) is 6.94. The molecule has 22 heavy (non-hydrogen) atoms. The first-order chi connectivity index (χ1) is 10.4. The number of hydrogen-bond acceptors (Lipinski definition) is 4. The minimum absolute atomic E-state index is 0.311. The van der Waals surface area contributed by atoms with Gasteiger partial charge < -0.3 is 9.47 Å². The maximum atomic E-state index is 12.1. The zero-order valence-electron chi connectivity index (χ0n) is 11.9. The van der Waals surface area contributed by atoms with Crippen LogP contribution in [0.1, 0.15) is 26.3 Å². The minimum Gasteiger partial charge on any atom is -0.465 e. The summed E-state index contributed by atoms with van der Waals surface area (Å²) in [4.78, 5) is 23.5. The average Bonchev–Trinajstić information content (AvgIpc) is 2.50. The van der Waals surface area contributed by atoms with Crippen LogP contribution in [0, 0.1) is 6.92 Å². The molecule has 0 saturated heterocycles. The first-order valence-corrected chi connectivity index (χ1v) is 7.45. The van der Waals surface area contributed by atoms with Gasteiger partial charge in [-0.15, -0.1) is 0 Å². The van der Waals surface area contributed by atoms with E-state index >= 15 is 0 Å². The molecule has 0 N–H and O–H groups in total. The second-order valence-corrected chi connectivity index (χ2v) is 5.81. The van der Waals surface area contributed by atoms with Crippen molar-refractivity contribution in [2.24, 2.45) is 0 Å². The third-order valence-corrected chi connectivity index (χ3v) is 3.67. The van der Waals surface area contributed by atoms with Crippen LogP contribution < -0.4 is 4.74 Å². The van der Waals surface area contributed by atoms with Crippen molar-refractivity contribution < 1.29 is 19.1 Å². The third kappa shape index (κ3) is 3.67. The Hall–Kier alpha value is -1.85. The van der Waals surface area contributed by atoms with Gasteiger partial charge in [-0.25, -0.2) is 9.59 Å². The van der Waals surface area contributed by atoms with Crippen molar-refractivity contribution in [1.29, 1.82) is 0 Å². The van der Waals surface area contributed by atoms with Crippen molar-refractivity contribution in [2.75, 3.05) is 7.11 Å². The van der Waals surface area contributed by atoms with Crippen molar-refractivity contribution in [3.8, 4) is 5.75 Å². The van der Waals surface area contributed by atoms with Crippen molar-refractivity contribution in [3.05, 3.63) is 62.6 Å². The fourth-order valence-corrected chi connectivity index (χ4v) is 2.84. The number of carbonyl (C=O) groups is 2. The van der Waals surface area contributed by atoms with E-state index in [9.17, 15) is 9.59 Å². The highest BCUT2D eigenvalue weighted by Gasteiger charge is 2.15. The van der Waals surface area contributed by atoms with E-state index < -0.39 is 11.9 Å². The summed E-state index contributed by atoms with van der Waals surface area (Å²) in [5.74, 6) is -0.706. The molecule has 114 valence electrons. The molecule has 0 saturated carbocycles. The predicted molar refractivity (Wildman–Crippen MR) is 86.6 cm³/mol.